The quantitative estimate of drug-likeness (QED) is 0.930. The Morgan fingerprint density at radius 2 is 2.12 bits per heavy atom. The van der Waals surface area contributed by atoms with Crippen LogP contribution >= 0.6 is 15.9 Å². The van der Waals surface area contributed by atoms with Gasteiger partial charge in [0.1, 0.15) is 0 Å². The Hall–Kier alpha value is -0.680. The molecule has 0 saturated carbocycles. The predicted octanol–water partition coefficient (Wildman–Crippen LogP) is 2.80. The van der Waals surface area contributed by atoms with Gasteiger partial charge >= 0.3 is 5.97 Å². The monoisotopic (exact) mass is 304 g/mol. The van der Waals surface area contributed by atoms with Crippen molar-refractivity contribution in [1.82, 2.24) is 0 Å². The number of carbonyl (C=O) groups is 1. The third kappa shape index (κ3) is 3.42. The Morgan fingerprint density at radius 1 is 1.50 bits per heavy atom. The summed E-state index contributed by atoms with van der Waals surface area (Å²) in [6.07, 6.45) is 0. The van der Waals surface area contributed by atoms with Crippen molar-refractivity contribution >= 4 is 32.7 Å². The van der Waals surface area contributed by atoms with Gasteiger partial charge in [-0.25, -0.2) is 4.79 Å². The molecule has 5 heteroatoms. The zero-order valence-electron chi connectivity index (χ0n) is 9.07. The van der Waals surface area contributed by atoms with E-state index in [0.29, 0.717) is 10.2 Å². The van der Waals surface area contributed by atoms with Gasteiger partial charge in [0, 0.05) is 26.3 Å². The molecule has 1 rings (SSSR count). The molecule has 0 amide bonds. The number of carboxylic acid groups (broad SMARTS) is 1. The normalized spacial score (nSPS) is 12.8. The van der Waals surface area contributed by atoms with Crippen molar-refractivity contribution in [3.8, 4) is 0 Å². The molecule has 88 valence electrons. The minimum absolute atomic E-state index is 0.103. The van der Waals surface area contributed by atoms with Crippen LogP contribution in [0.5, 0.6) is 0 Å². The van der Waals surface area contributed by atoms with Crippen LogP contribution in [-0.4, -0.2) is 20.5 Å². The lowest BCUT2D eigenvalue weighted by Crippen LogP contribution is -2.08. The summed E-state index contributed by atoms with van der Waals surface area (Å²) in [5, 5.41) is 8.89. The molecule has 0 bridgehead atoms. The van der Waals surface area contributed by atoms with Crippen LogP contribution in [0.15, 0.2) is 22.7 Å². The van der Waals surface area contributed by atoms with Crippen LogP contribution in [0.3, 0.4) is 0 Å². The first-order valence-electron chi connectivity index (χ1n) is 4.80. The second kappa shape index (κ2) is 5.59. The summed E-state index contributed by atoms with van der Waals surface area (Å²) < 4.78 is 12.4. The maximum Gasteiger partial charge on any atom is 0.335 e. The van der Waals surface area contributed by atoms with E-state index in [1.54, 1.807) is 6.07 Å². The van der Waals surface area contributed by atoms with Crippen molar-refractivity contribution in [2.45, 2.75) is 24.9 Å². The maximum absolute atomic E-state index is 11.7. The topological polar surface area (TPSA) is 54.4 Å². The standard InChI is InChI=1S/C11H13BrO3S/c1-7(2)16(15)6-9-4-3-8(11(13)14)5-10(9)12/h3-5,7H,6H2,1-2H3,(H,13,14). The molecule has 0 heterocycles. The number of hydrogen-bond acceptors (Lipinski definition) is 2. The van der Waals surface area contributed by atoms with Crippen molar-refractivity contribution < 1.29 is 14.1 Å². The van der Waals surface area contributed by atoms with E-state index in [4.69, 9.17) is 5.11 Å². The fourth-order valence-electron chi connectivity index (χ4n) is 1.12. The molecule has 0 aliphatic heterocycles. The second-order valence-electron chi connectivity index (χ2n) is 3.69. The summed E-state index contributed by atoms with van der Waals surface area (Å²) in [7, 11) is -0.928. The fraction of sp³-hybridized carbons (Fsp3) is 0.364. The maximum atomic E-state index is 11.7. The minimum atomic E-state index is -0.961. The van der Waals surface area contributed by atoms with E-state index in [2.05, 4.69) is 15.9 Å². The van der Waals surface area contributed by atoms with Gasteiger partial charge in [0.15, 0.2) is 0 Å². The smallest absolute Gasteiger partial charge is 0.335 e. The molecule has 0 radical (unpaired) electrons. The molecule has 1 atom stereocenters. The summed E-state index contributed by atoms with van der Waals surface area (Å²) in [5.41, 5.74) is 1.10. The molecule has 0 aliphatic carbocycles. The summed E-state index contributed by atoms with van der Waals surface area (Å²) in [6.45, 7) is 3.80. The zero-order valence-corrected chi connectivity index (χ0v) is 11.5. The molecule has 16 heavy (non-hydrogen) atoms. The van der Waals surface area contributed by atoms with Crippen molar-refractivity contribution in [2.24, 2.45) is 0 Å². The number of carboxylic acids is 1. The summed E-state index contributed by atoms with van der Waals surface area (Å²) >= 11 is 3.30. The number of benzene rings is 1. The molecule has 1 aromatic rings. The van der Waals surface area contributed by atoms with E-state index in [0.717, 1.165) is 5.56 Å². The molecule has 3 nitrogen and oxygen atoms in total. The Labute approximate surface area is 105 Å². The van der Waals surface area contributed by atoms with E-state index < -0.39 is 16.8 Å². The van der Waals surface area contributed by atoms with E-state index in [9.17, 15) is 9.00 Å². The number of rotatable bonds is 4. The molecule has 1 N–H and O–H groups in total. The predicted molar refractivity (Wildman–Crippen MR) is 68.1 cm³/mol. The first-order chi connectivity index (χ1) is 7.41. The highest BCUT2D eigenvalue weighted by molar-refractivity contribution is 9.10. The highest BCUT2D eigenvalue weighted by Gasteiger charge is 2.11. The lowest BCUT2D eigenvalue weighted by atomic mass is 10.1. The number of aromatic carboxylic acids is 1. The highest BCUT2D eigenvalue weighted by atomic mass is 79.9. The molecular weight excluding hydrogens is 292 g/mol. The summed E-state index contributed by atoms with van der Waals surface area (Å²) in [5.74, 6) is -0.518. The minimum Gasteiger partial charge on any atom is -0.478 e. The van der Waals surface area contributed by atoms with Crippen LogP contribution in [0, 0.1) is 0 Å². The molecular formula is C11H13BrO3S. The fourth-order valence-corrected chi connectivity index (χ4v) is 2.71. The molecule has 0 fully saturated rings. The number of halogens is 1. The second-order valence-corrected chi connectivity index (χ2v) is 6.53. The third-order valence-corrected chi connectivity index (χ3v) is 4.51. The summed E-state index contributed by atoms with van der Waals surface area (Å²) in [6, 6.07) is 4.77. The largest absolute Gasteiger partial charge is 0.478 e. The Bertz CT molecular complexity index is 429. The van der Waals surface area contributed by atoms with E-state index in [-0.39, 0.29) is 10.8 Å². The molecule has 0 aromatic heterocycles. The van der Waals surface area contributed by atoms with Gasteiger partial charge in [-0.1, -0.05) is 35.8 Å². The van der Waals surface area contributed by atoms with Crippen molar-refractivity contribution in [3.63, 3.8) is 0 Å². The van der Waals surface area contributed by atoms with Gasteiger partial charge in [0.25, 0.3) is 0 Å². The Balaban J connectivity index is 2.91. The lowest BCUT2D eigenvalue weighted by Gasteiger charge is -2.08. The SMILES string of the molecule is CC(C)S(=O)Cc1ccc(C(=O)O)cc1Br. The lowest BCUT2D eigenvalue weighted by molar-refractivity contribution is 0.0697. The first kappa shape index (κ1) is 13.4. The highest BCUT2D eigenvalue weighted by Crippen LogP contribution is 2.21. The molecule has 0 saturated heterocycles. The van der Waals surface area contributed by atoms with Crippen LogP contribution in [0.25, 0.3) is 0 Å². The van der Waals surface area contributed by atoms with Gasteiger partial charge in [-0.2, -0.15) is 0 Å². The van der Waals surface area contributed by atoms with Crippen LogP contribution in [0.1, 0.15) is 29.8 Å². The first-order valence-corrected chi connectivity index (χ1v) is 6.98. The van der Waals surface area contributed by atoms with Crippen LogP contribution < -0.4 is 0 Å². The van der Waals surface area contributed by atoms with E-state index in [1.165, 1.54) is 12.1 Å². The van der Waals surface area contributed by atoms with Crippen molar-refractivity contribution in [1.29, 1.82) is 0 Å². The molecule has 1 aromatic carbocycles. The number of hydrogen-bond donors (Lipinski definition) is 1. The molecule has 1 unspecified atom stereocenters. The van der Waals surface area contributed by atoms with Crippen LogP contribution in [-0.2, 0) is 16.6 Å². The van der Waals surface area contributed by atoms with Crippen LogP contribution in [0.4, 0.5) is 0 Å². The zero-order chi connectivity index (χ0) is 12.3. The average Bonchev–Trinajstić information content (AvgIpc) is 2.20. The third-order valence-electron chi connectivity index (χ3n) is 2.12. The van der Waals surface area contributed by atoms with Crippen molar-refractivity contribution in [3.05, 3.63) is 33.8 Å². The van der Waals surface area contributed by atoms with Crippen molar-refractivity contribution in [2.75, 3.05) is 0 Å². The van der Waals surface area contributed by atoms with E-state index >= 15 is 0 Å². The Kier molecular flexibility index (Phi) is 4.68. The van der Waals surface area contributed by atoms with Gasteiger partial charge in [0.2, 0.25) is 0 Å². The van der Waals surface area contributed by atoms with E-state index in [1.807, 2.05) is 13.8 Å². The molecule has 0 aliphatic rings. The summed E-state index contributed by atoms with van der Waals surface area (Å²) in [4.78, 5) is 10.7. The van der Waals surface area contributed by atoms with Crippen LogP contribution in [0.2, 0.25) is 0 Å². The van der Waals surface area contributed by atoms with Gasteiger partial charge < -0.3 is 5.11 Å². The van der Waals surface area contributed by atoms with Gasteiger partial charge in [-0.3, -0.25) is 4.21 Å². The molecule has 0 spiro atoms. The van der Waals surface area contributed by atoms with Gasteiger partial charge in [-0.05, 0) is 17.7 Å². The van der Waals surface area contributed by atoms with Gasteiger partial charge in [0.05, 0.1) is 5.56 Å². The van der Waals surface area contributed by atoms with Gasteiger partial charge in [-0.15, -0.1) is 0 Å². The Morgan fingerprint density at radius 3 is 2.56 bits per heavy atom. The average molecular weight is 305 g/mol.